The van der Waals surface area contributed by atoms with E-state index in [2.05, 4.69) is 288 Å². The van der Waals surface area contributed by atoms with Crippen LogP contribution >= 0.6 is 23.2 Å². The number of rotatable bonds is 9. The first-order valence-electron chi connectivity index (χ1n) is 48.6. The molecule has 150 heavy (non-hydrogen) atoms. The third-order valence-corrected chi connectivity index (χ3v) is 39.3. The zero-order chi connectivity index (χ0) is 103. The molecule has 772 valence electrons. The van der Waals surface area contributed by atoms with Crippen LogP contribution in [0.3, 0.4) is 0 Å². The number of anilines is 6. The fourth-order valence-electron chi connectivity index (χ4n) is 19.4. The molecule has 0 amide bonds. The second-order valence-corrected chi connectivity index (χ2v) is 50.2. The summed E-state index contributed by atoms with van der Waals surface area (Å²) in [7, 11) is 2.49. The van der Waals surface area contributed by atoms with Gasteiger partial charge < -0.3 is 35.2 Å². The Labute approximate surface area is 960 Å². The van der Waals surface area contributed by atoms with Gasteiger partial charge in [0.25, 0.3) is 0 Å². The van der Waals surface area contributed by atoms with E-state index in [1.807, 2.05) is 75.4 Å². The number of nitrogens with zero attached hydrogens (tertiary/aromatic N) is 11. The van der Waals surface area contributed by atoms with E-state index in [0.717, 1.165) is 91.3 Å². The zero-order valence-corrected chi connectivity index (χ0v) is 102. The molecule has 4 N–H and O–H groups in total. The first-order valence-corrected chi connectivity index (χ1v) is 57.5. The van der Waals surface area contributed by atoms with E-state index in [1.165, 1.54) is 183 Å². The van der Waals surface area contributed by atoms with Gasteiger partial charge in [-0.2, -0.15) is 0 Å². The molecule has 0 bridgehead atoms. The molecule has 3 aliphatic carbocycles. The topological polar surface area (TPSA) is 262 Å². The number of hydrogen-bond donors (Lipinski definition) is 4. The third-order valence-electron chi connectivity index (χ3n) is 27.0. The number of alkyl halides is 2. The molecular formula is C121H109Cl2Ir4N11O8Se3Si-4. The number of benzene rings is 9. The van der Waals surface area contributed by atoms with Crippen molar-refractivity contribution in [3.63, 3.8) is 0 Å². The van der Waals surface area contributed by atoms with Gasteiger partial charge >= 0.3 is 499 Å². The molecule has 17 aromatic rings. The normalized spacial score (nSPS) is 13.7. The van der Waals surface area contributed by atoms with Crippen LogP contribution in [0.5, 0.6) is 0 Å². The van der Waals surface area contributed by atoms with Gasteiger partial charge in [-0.15, -0.1) is 18.2 Å². The minimum atomic E-state index is -1.78. The summed E-state index contributed by atoms with van der Waals surface area (Å²) in [6, 6.07) is 103. The predicted molar refractivity (Wildman–Crippen MR) is 593 cm³/mol. The van der Waals surface area contributed by atoms with Gasteiger partial charge in [0.05, 0.1) is 11.4 Å². The Balaban J connectivity index is 0.000000146. The van der Waals surface area contributed by atoms with Crippen LogP contribution in [0.2, 0.25) is 13.1 Å². The van der Waals surface area contributed by atoms with Gasteiger partial charge in [-0.1, -0.05) is 60.4 Å². The van der Waals surface area contributed by atoms with Gasteiger partial charge in [0.15, 0.2) is 5.69 Å². The van der Waals surface area contributed by atoms with Crippen LogP contribution in [-0.2, 0) is 110 Å². The molecule has 4 radical (unpaired) electrons. The maximum atomic E-state index is 10.8. The van der Waals surface area contributed by atoms with Crippen molar-refractivity contribution >= 4 is 182 Å². The van der Waals surface area contributed by atoms with Crippen molar-refractivity contribution in [2.75, 3.05) is 28.8 Å². The number of aromatic nitrogens is 8. The molecule has 29 heteroatoms. The smallest absolute Gasteiger partial charge is 0.354 e. The van der Waals surface area contributed by atoms with Crippen LogP contribution in [0.4, 0.5) is 34.1 Å². The molecule has 8 aromatic heterocycles. The van der Waals surface area contributed by atoms with Crippen molar-refractivity contribution in [2.45, 2.75) is 148 Å². The predicted octanol–water partition coefficient (Wildman–Crippen LogP) is 20.9. The van der Waals surface area contributed by atoms with Crippen molar-refractivity contribution in [2.24, 2.45) is 0 Å². The summed E-state index contributed by atoms with van der Waals surface area (Å²) in [5.74, 6) is -3.29. The Kier molecular flexibility index (Phi) is 40.0. The maximum Gasteiger partial charge on any atom is 0.354 e. The van der Waals surface area contributed by atoms with E-state index < -0.39 is 36.3 Å². The van der Waals surface area contributed by atoms with Gasteiger partial charge in [-0.05, 0) is 159 Å². The van der Waals surface area contributed by atoms with Crippen LogP contribution in [0.25, 0.3) is 55.9 Å². The summed E-state index contributed by atoms with van der Waals surface area (Å²) in [6.07, 6.45) is 21.9. The molecular weight excluding hydrogens is 2840 g/mol. The molecule has 0 saturated heterocycles. The van der Waals surface area contributed by atoms with Gasteiger partial charge in [0.2, 0.25) is 0 Å². The van der Waals surface area contributed by atoms with Gasteiger partial charge in [-0.25, -0.2) is 39.1 Å². The molecule has 19 nitrogen and oxygen atoms in total. The average Bonchev–Trinajstić information content (AvgIpc) is 0.782. The van der Waals surface area contributed by atoms with E-state index in [1.54, 1.807) is 59.3 Å². The summed E-state index contributed by atoms with van der Waals surface area (Å²) in [4.78, 5) is 83.1. The second kappa shape index (κ2) is 51.9. The number of aromatic carboxylic acids is 4. The molecule has 1 saturated carbocycles. The number of carboxylic acid groups (broad SMARTS) is 4. The number of carboxylic acids is 4. The summed E-state index contributed by atoms with van der Waals surface area (Å²) >= 11 is 14.5. The van der Waals surface area contributed by atoms with Crippen molar-refractivity contribution in [3.8, 4) is 45.0 Å². The number of halogens is 2. The summed E-state index contributed by atoms with van der Waals surface area (Å²) in [5.41, 5.74) is 29.6. The molecule has 1 fully saturated rings. The standard InChI is InChI=1S/C24H23N2Se.C23H22N3.C23H18NSeSi.C18H10Cl2NSe.C11H13NO2.C10H13NO2.2C6H5NO2.4Ir/c1-24(2,3)26-20-11-4-5-12-21(20)27-22-13-7-9-17(23(22)26)19-15-14-16-8-6-10-18(16)25-19;1-25-20-11-5-6-12-21(20)26(2)23-18(10-7-13-22(23)25)19-14-16-8-3-4-9-17(16)15-24-19;1-26(2)22-13-6-5-11-20(22)25-21-12-7-9-17(23(21)26)19-15-14-16-8-3-4-10-18(16)24-19;19-18(20)13-7-1-2-9-15(13)22-16-10-5-6-12(17(16)18)14-8-3-4-11-21-14;13-11(14)10-6-5-9(7-12-10)8-3-1-2-4-8;1-5-6(2)8(4)11-9(7(5)3)10(12)13;2*8-6(9)5-3-1-2-4-7-5;;;;/h4-5,7,11-15H,6,8,10H2,1-3H3;5-7,11-15H,3-4,8-9H2,1-2H3;3-8,10-15H,1-2H3;1-5,7-11H;5-8H,1-4H2,(H,13,14);1-4H3,(H,12,13);2*1-4H,(H,8,9);;;;/q4*-1;;;;;;;;. The molecule has 12 heterocycles. The minimum absolute atomic E-state index is 0. The van der Waals surface area contributed by atoms with Crippen LogP contribution in [0.1, 0.15) is 175 Å². The Morgan fingerprint density at radius 3 is 1.58 bits per heavy atom. The Morgan fingerprint density at radius 2 is 0.947 bits per heavy atom. The number of hydrogen-bond acceptors (Lipinski definition) is 15. The van der Waals surface area contributed by atoms with Gasteiger partial charge in [0, 0.05) is 125 Å². The number of pyridine rings is 8. The van der Waals surface area contributed by atoms with Crippen molar-refractivity contribution in [1.29, 1.82) is 0 Å². The first kappa shape index (κ1) is 116. The molecule has 0 unspecified atom stereocenters. The fourth-order valence-corrected chi connectivity index (χ4v) is 34.0. The maximum absolute atomic E-state index is 10.8. The van der Waals surface area contributed by atoms with Crippen LogP contribution in [-0.4, -0.2) is 157 Å². The Hall–Kier alpha value is -11.3. The Bertz CT molecular complexity index is 7690. The number of aryl methyl sites for hydroxylation is 5. The summed E-state index contributed by atoms with van der Waals surface area (Å²) < 4.78 is 7.28. The van der Waals surface area contributed by atoms with Gasteiger partial charge in [-0.3, -0.25) is 0 Å². The van der Waals surface area contributed by atoms with Crippen molar-refractivity contribution in [3.05, 3.63) is 406 Å². The first-order chi connectivity index (χ1) is 70.4. The molecule has 0 spiro atoms. The van der Waals surface area contributed by atoms with E-state index in [0.29, 0.717) is 35.8 Å². The van der Waals surface area contributed by atoms with Crippen LogP contribution in [0, 0.1) is 52.0 Å². The molecule has 24 rings (SSSR count). The number of carbonyl (C=O) groups is 4. The number of para-hydroxylation sites is 4. The summed E-state index contributed by atoms with van der Waals surface area (Å²) in [6.45, 7) is 19.3. The second-order valence-electron chi connectivity index (χ2n) is 37.7. The largest absolute Gasteiger partial charge is 0.477 e. The molecule has 4 aliphatic heterocycles. The van der Waals surface area contributed by atoms with E-state index in [9.17, 15) is 19.2 Å². The zero-order valence-electron chi connectivity index (χ0n) is 84.3. The monoisotopic (exact) mass is 2950 g/mol. The van der Waals surface area contributed by atoms with E-state index in [4.69, 9.17) is 58.6 Å². The van der Waals surface area contributed by atoms with Crippen molar-refractivity contribution < 1.29 is 120 Å². The average molecular weight is 2950 g/mol. The van der Waals surface area contributed by atoms with E-state index in [-0.39, 0.29) is 124 Å². The van der Waals surface area contributed by atoms with Gasteiger partial charge in [0.1, 0.15) is 17.1 Å². The quantitative estimate of drug-likeness (QED) is 0.0594. The molecule has 9 aromatic carbocycles. The minimum Gasteiger partial charge on any atom is -0.477 e. The number of fused-ring (bicyclic) bond motifs is 11. The van der Waals surface area contributed by atoms with E-state index >= 15 is 0 Å². The molecule has 0 atom stereocenters. The SMILES string of the molecule is CC(C)(C)N1c2ccccc2[Se]c2cc[c-]c(-c3ccc4c(n3)CCC4)c21.CN1c2ccccc2N(C)c2c(-c3cc4c(cn3)CCCC4)[c-]ccc21.C[Si]1(C)c2ccccc2[Se]c2cc[c-]c(-c3ccc4ccccc4n3)c21.Cc1nc(C(=O)O)c(C)c(C)c1C.ClC1(Cl)c2ccccc2[Se]c2cc[c-]c(-c3ccccn3)c21.O=C(O)c1ccc(C2CCCC2)cn1.O=C(O)c1ccccn1.O=C(O)c1ccccn1.[Ir].[Ir].[Ir].[Ir]. The Morgan fingerprint density at radius 1 is 0.413 bits per heavy atom. The molecule has 7 aliphatic rings. The summed E-state index contributed by atoms with van der Waals surface area (Å²) in [5, 5.41) is 38.5. The third kappa shape index (κ3) is 26.1. The van der Waals surface area contributed by atoms with Crippen molar-refractivity contribution in [1.82, 2.24) is 39.9 Å². The van der Waals surface area contributed by atoms with Crippen LogP contribution in [0.15, 0.2) is 298 Å². The van der Waals surface area contributed by atoms with Crippen LogP contribution < -0.4 is 51.8 Å². The fraction of sp³-hybridized carbons (Fsp3) is 0.207.